The SMILES string of the molecule is C[C@@H](N)C(=O)Nc1ccc2c(c1)N(C)C(=O)CO2. The molecule has 0 spiro atoms. The minimum atomic E-state index is -0.586. The first-order valence-electron chi connectivity index (χ1n) is 5.59. The number of carbonyl (C=O) groups is 2. The highest BCUT2D eigenvalue weighted by molar-refractivity contribution is 5.99. The van der Waals surface area contributed by atoms with Gasteiger partial charge in [0.05, 0.1) is 11.7 Å². The Labute approximate surface area is 105 Å². The highest BCUT2D eigenvalue weighted by Crippen LogP contribution is 2.33. The van der Waals surface area contributed by atoms with Crippen LogP contribution in [0.5, 0.6) is 5.75 Å². The van der Waals surface area contributed by atoms with Gasteiger partial charge in [-0.15, -0.1) is 0 Å². The molecule has 1 atom stereocenters. The number of nitrogens with one attached hydrogen (secondary N) is 1. The molecule has 1 aromatic carbocycles. The van der Waals surface area contributed by atoms with Gasteiger partial charge in [-0.1, -0.05) is 0 Å². The van der Waals surface area contributed by atoms with E-state index in [1.54, 1.807) is 32.2 Å². The van der Waals surface area contributed by atoms with Crippen LogP contribution < -0.4 is 20.7 Å². The third-order valence-electron chi connectivity index (χ3n) is 2.73. The number of ether oxygens (including phenoxy) is 1. The van der Waals surface area contributed by atoms with Gasteiger partial charge in [-0.2, -0.15) is 0 Å². The maximum Gasteiger partial charge on any atom is 0.264 e. The number of benzene rings is 1. The van der Waals surface area contributed by atoms with Crippen molar-refractivity contribution in [1.82, 2.24) is 0 Å². The van der Waals surface area contributed by atoms with Crippen LogP contribution in [0.1, 0.15) is 6.92 Å². The summed E-state index contributed by atoms with van der Waals surface area (Å²) in [6, 6.07) is 4.53. The van der Waals surface area contributed by atoms with Crippen LogP contribution in [0.4, 0.5) is 11.4 Å². The molecular weight excluding hydrogens is 234 g/mol. The van der Waals surface area contributed by atoms with E-state index in [0.29, 0.717) is 17.1 Å². The minimum absolute atomic E-state index is 0.0367. The third kappa shape index (κ3) is 2.28. The lowest BCUT2D eigenvalue weighted by Gasteiger charge is -2.26. The number of fused-ring (bicyclic) bond motifs is 1. The zero-order valence-corrected chi connectivity index (χ0v) is 10.3. The molecule has 18 heavy (non-hydrogen) atoms. The quantitative estimate of drug-likeness (QED) is 0.791. The molecule has 1 heterocycles. The van der Waals surface area contributed by atoms with Crippen LogP contribution in [0.3, 0.4) is 0 Å². The van der Waals surface area contributed by atoms with E-state index in [0.717, 1.165) is 0 Å². The van der Waals surface area contributed by atoms with E-state index in [-0.39, 0.29) is 18.4 Å². The average Bonchev–Trinajstić information content (AvgIpc) is 2.34. The molecule has 0 saturated carbocycles. The Kier molecular flexibility index (Phi) is 3.20. The Morgan fingerprint density at radius 2 is 2.28 bits per heavy atom. The fourth-order valence-corrected chi connectivity index (χ4v) is 1.61. The van der Waals surface area contributed by atoms with Crippen molar-refractivity contribution in [3.8, 4) is 5.75 Å². The van der Waals surface area contributed by atoms with E-state index >= 15 is 0 Å². The Morgan fingerprint density at radius 3 is 2.94 bits per heavy atom. The van der Waals surface area contributed by atoms with Gasteiger partial charge in [-0.05, 0) is 25.1 Å². The Bertz CT molecular complexity index is 499. The molecule has 6 nitrogen and oxygen atoms in total. The summed E-state index contributed by atoms with van der Waals surface area (Å²) in [4.78, 5) is 24.5. The van der Waals surface area contributed by atoms with Gasteiger partial charge in [0, 0.05) is 12.7 Å². The van der Waals surface area contributed by atoms with Crippen molar-refractivity contribution in [2.24, 2.45) is 5.73 Å². The standard InChI is InChI=1S/C12H15N3O3/c1-7(13)12(17)14-8-3-4-10-9(5-8)15(2)11(16)6-18-10/h3-5,7H,6,13H2,1-2H3,(H,14,17)/t7-/m1/s1. The normalized spacial score (nSPS) is 15.7. The van der Waals surface area contributed by atoms with Gasteiger partial charge in [0.2, 0.25) is 5.91 Å². The number of carbonyl (C=O) groups excluding carboxylic acids is 2. The second-order valence-corrected chi connectivity index (χ2v) is 4.20. The number of hydrogen-bond donors (Lipinski definition) is 2. The van der Waals surface area contributed by atoms with Gasteiger partial charge in [0.25, 0.3) is 5.91 Å². The van der Waals surface area contributed by atoms with Gasteiger partial charge in [-0.25, -0.2) is 0 Å². The number of amides is 2. The van der Waals surface area contributed by atoms with Crippen LogP contribution in [0.2, 0.25) is 0 Å². The van der Waals surface area contributed by atoms with Gasteiger partial charge in [-0.3, -0.25) is 9.59 Å². The lowest BCUT2D eigenvalue weighted by atomic mass is 10.2. The van der Waals surface area contributed by atoms with Gasteiger partial charge < -0.3 is 20.7 Å². The van der Waals surface area contributed by atoms with Crippen LogP contribution in [-0.2, 0) is 9.59 Å². The number of likely N-dealkylation sites (N-methyl/N-ethyl adjacent to an activating group) is 1. The van der Waals surface area contributed by atoms with E-state index in [1.165, 1.54) is 4.90 Å². The van der Waals surface area contributed by atoms with E-state index in [9.17, 15) is 9.59 Å². The third-order valence-corrected chi connectivity index (χ3v) is 2.73. The van der Waals surface area contributed by atoms with E-state index < -0.39 is 6.04 Å². The van der Waals surface area contributed by atoms with Crippen molar-refractivity contribution in [1.29, 1.82) is 0 Å². The number of nitrogens with zero attached hydrogens (tertiary/aromatic N) is 1. The maximum absolute atomic E-state index is 11.5. The Balaban J connectivity index is 2.26. The summed E-state index contributed by atoms with van der Waals surface area (Å²) < 4.78 is 5.28. The van der Waals surface area contributed by atoms with Crippen LogP contribution in [0.25, 0.3) is 0 Å². The average molecular weight is 249 g/mol. The molecule has 6 heteroatoms. The molecule has 1 aromatic rings. The molecule has 0 aromatic heterocycles. The Hall–Kier alpha value is -2.08. The Morgan fingerprint density at radius 1 is 1.56 bits per heavy atom. The molecule has 1 aliphatic rings. The van der Waals surface area contributed by atoms with Crippen molar-refractivity contribution in [2.45, 2.75) is 13.0 Å². The van der Waals surface area contributed by atoms with Crippen molar-refractivity contribution in [2.75, 3.05) is 23.9 Å². The molecule has 1 aliphatic heterocycles. The molecule has 0 unspecified atom stereocenters. The van der Waals surface area contributed by atoms with Crippen molar-refractivity contribution >= 4 is 23.2 Å². The zero-order chi connectivity index (χ0) is 13.3. The first kappa shape index (κ1) is 12.4. The lowest BCUT2D eigenvalue weighted by molar-refractivity contribution is -0.121. The molecule has 2 rings (SSSR count). The number of hydrogen-bond acceptors (Lipinski definition) is 4. The minimum Gasteiger partial charge on any atom is -0.482 e. The highest BCUT2D eigenvalue weighted by Gasteiger charge is 2.22. The molecule has 0 bridgehead atoms. The van der Waals surface area contributed by atoms with Crippen molar-refractivity contribution in [3.63, 3.8) is 0 Å². The van der Waals surface area contributed by atoms with Crippen molar-refractivity contribution < 1.29 is 14.3 Å². The molecule has 96 valence electrons. The monoisotopic (exact) mass is 249 g/mol. The summed E-state index contributed by atoms with van der Waals surface area (Å²) in [6.07, 6.45) is 0. The molecule has 0 fully saturated rings. The summed E-state index contributed by atoms with van der Waals surface area (Å²) in [5, 5.41) is 2.67. The highest BCUT2D eigenvalue weighted by atomic mass is 16.5. The number of nitrogens with two attached hydrogens (primary N) is 1. The zero-order valence-electron chi connectivity index (χ0n) is 10.3. The van der Waals surface area contributed by atoms with Crippen LogP contribution in [0.15, 0.2) is 18.2 Å². The summed E-state index contributed by atoms with van der Waals surface area (Å²) in [5.74, 6) is 0.217. The van der Waals surface area contributed by atoms with E-state index in [1.807, 2.05) is 0 Å². The van der Waals surface area contributed by atoms with Crippen LogP contribution in [0, 0.1) is 0 Å². The molecule has 0 aliphatic carbocycles. The summed E-state index contributed by atoms with van der Waals surface area (Å²) in [5.41, 5.74) is 6.69. The maximum atomic E-state index is 11.5. The fraction of sp³-hybridized carbons (Fsp3) is 0.333. The lowest BCUT2D eigenvalue weighted by Crippen LogP contribution is -2.36. The fourth-order valence-electron chi connectivity index (χ4n) is 1.61. The van der Waals surface area contributed by atoms with Crippen LogP contribution in [-0.4, -0.2) is 31.5 Å². The number of anilines is 2. The van der Waals surface area contributed by atoms with Crippen molar-refractivity contribution in [3.05, 3.63) is 18.2 Å². The summed E-state index contributed by atoms with van der Waals surface area (Å²) >= 11 is 0. The number of rotatable bonds is 2. The van der Waals surface area contributed by atoms with Gasteiger partial charge in [0.1, 0.15) is 5.75 Å². The first-order chi connectivity index (χ1) is 8.49. The smallest absolute Gasteiger partial charge is 0.264 e. The molecule has 3 N–H and O–H groups in total. The molecule has 0 saturated heterocycles. The van der Waals surface area contributed by atoms with Gasteiger partial charge >= 0.3 is 0 Å². The van der Waals surface area contributed by atoms with E-state index in [2.05, 4.69) is 5.32 Å². The predicted molar refractivity (Wildman–Crippen MR) is 67.6 cm³/mol. The summed E-state index contributed by atoms with van der Waals surface area (Å²) in [6.45, 7) is 1.64. The largest absolute Gasteiger partial charge is 0.482 e. The summed E-state index contributed by atoms with van der Waals surface area (Å²) in [7, 11) is 1.67. The van der Waals surface area contributed by atoms with Gasteiger partial charge in [0.15, 0.2) is 6.61 Å². The van der Waals surface area contributed by atoms with E-state index in [4.69, 9.17) is 10.5 Å². The second-order valence-electron chi connectivity index (χ2n) is 4.20. The second kappa shape index (κ2) is 4.66. The molecular formula is C12H15N3O3. The molecule has 2 amide bonds. The van der Waals surface area contributed by atoms with Crippen LogP contribution >= 0.6 is 0 Å². The topological polar surface area (TPSA) is 84.7 Å². The first-order valence-corrected chi connectivity index (χ1v) is 5.59. The molecule has 0 radical (unpaired) electrons. The predicted octanol–water partition coefficient (Wildman–Crippen LogP) is 0.327.